The lowest BCUT2D eigenvalue weighted by atomic mass is 10.0. The van der Waals surface area contributed by atoms with E-state index in [-0.39, 0.29) is 5.91 Å². The quantitative estimate of drug-likeness (QED) is 0.754. The topological polar surface area (TPSA) is 48.0 Å². The SMILES string of the molecule is Cc1cccc2c1N(Cc1ccc(OCCC(C)C)cc1)C(=O)C21OCCO1. The standard InChI is InChI=1S/C23H27NO4/c1-16(2)11-12-26-19-9-7-18(8-10-19)15-24-21-17(3)5-4-6-20(21)23(22(24)25)27-13-14-28-23/h4-10,16H,11-15H2,1-3H3. The molecule has 5 heteroatoms. The number of benzene rings is 2. The molecule has 1 fully saturated rings. The van der Waals surface area contributed by atoms with E-state index in [0.717, 1.165) is 34.5 Å². The van der Waals surface area contributed by atoms with Crippen LogP contribution in [-0.2, 0) is 26.6 Å². The van der Waals surface area contributed by atoms with Crippen molar-refractivity contribution >= 4 is 11.6 Å². The van der Waals surface area contributed by atoms with Gasteiger partial charge >= 0.3 is 0 Å². The summed E-state index contributed by atoms with van der Waals surface area (Å²) in [4.78, 5) is 15.0. The van der Waals surface area contributed by atoms with Gasteiger partial charge in [-0.3, -0.25) is 4.79 Å². The second-order valence-corrected chi connectivity index (χ2v) is 7.85. The van der Waals surface area contributed by atoms with Crippen LogP contribution in [0.1, 0.15) is 37.0 Å². The normalized spacial score (nSPS) is 17.6. The highest BCUT2D eigenvalue weighted by Crippen LogP contribution is 2.47. The Balaban J connectivity index is 1.54. The van der Waals surface area contributed by atoms with Crippen molar-refractivity contribution in [2.45, 2.75) is 39.5 Å². The Morgan fingerprint density at radius 2 is 1.82 bits per heavy atom. The Labute approximate surface area is 166 Å². The molecule has 0 N–H and O–H groups in total. The Hall–Kier alpha value is -2.37. The number of amides is 1. The first kappa shape index (κ1) is 19.0. The molecule has 4 rings (SSSR count). The van der Waals surface area contributed by atoms with Crippen LogP contribution in [0.3, 0.4) is 0 Å². The van der Waals surface area contributed by atoms with Crippen LogP contribution in [0.15, 0.2) is 42.5 Å². The molecule has 148 valence electrons. The number of para-hydroxylation sites is 1. The van der Waals surface area contributed by atoms with Crippen LogP contribution < -0.4 is 9.64 Å². The van der Waals surface area contributed by atoms with Crippen LogP contribution >= 0.6 is 0 Å². The van der Waals surface area contributed by atoms with Gasteiger partial charge in [-0.05, 0) is 42.5 Å². The van der Waals surface area contributed by atoms with Gasteiger partial charge in [0.15, 0.2) is 0 Å². The summed E-state index contributed by atoms with van der Waals surface area (Å²) in [6.45, 7) is 8.42. The maximum atomic E-state index is 13.3. The number of hydrogen-bond acceptors (Lipinski definition) is 4. The number of ether oxygens (including phenoxy) is 3. The van der Waals surface area contributed by atoms with Gasteiger partial charge in [0.2, 0.25) is 0 Å². The Kier molecular flexibility index (Phi) is 5.13. The second-order valence-electron chi connectivity index (χ2n) is 7.85. The molecular formula is C23H27NO4. The monoisotopic (exact) mass is 381 g/mol. The summed E-state index contributed by atoms with van der Waals surface area (Å²) in [7, 11) is 0. The lowest BCUT2D eigenvalue weighted by Gasteiger charge is -2.22. The molecular weight excluding hydrogens is 354 g/mol. The van der Waals surface area contributed by atoms with Gasteiger partial charge in [0.1, 0.15) is 5.75 Å². The van der Waals surface area contributed by atoms with Crippen molar-refractivity contribution in [3.05, 3.63) is 59.2 Å². The molecule has 0 aliphatic carbocycles. The van der Waals surface area contributed by atoms with E-state index in [4.69, 9.17) is 14.2 Å². The average Bonchev–Trinajstić information content (AvgIpc) is 3.25. The van der Waals surface area contributed by atoms with E-state index in [0.29, 0.717) is 32.3 Å². The third-order valence-corrected chi connectivity index (χ3v) is 5.31. The van der Waals surface area contributed by atoms with Crippen LogP contribution in [0.25, 0.3) is 0 Å². The lowest BCUT2D eigenvalue weighted by Crippen LogP contribution is -2.40. The van der Waals surface area contributed by atoms with Crippen molar-refractivity contribution in [3.8, 4) is 5.75 Å². The van der Waals surface area contributed by atoms with Gasteiger partial charge in [-0.15, -0.1) is 0 Å². The van der Waals surface area contributed by atoms with E-state index < -0.39 is 5.79 Å². The highest BCUT2D eigenvalue weighted by molar-refractivity contribution is 6.06. The summed E-state index contributed by atoms with van der Waals surface area (Å²) in [5.74, 6) is 0.0525. The van der Waals surface area contributed by atoms with Gasteiger partial charge in [0.25, 0.3) is 11.7 Å². The number of rotatable bonds is 6. The van der Waals surface area contributed by atoms with E-state index in [2.05, 4.69) is 13.8 Å². The molecule has 1 spiro atoms. The molecule has 2 heterocycles. The van der Waals surface area contributed by atoms with Crippen LogP contribution in [0.2, 0.25) is 0 Å². The molecule has 5 nitrogen and oxygen atoms in total. The van der Waals surface area contributed by atoms with Crippen LogP contribution in [0, 0.1) is 12.8 Å². The fraction of sp³-hybridized carbons (Fsp3) is 0.435. The van der Waals surface area contributed by atoms with Crippen LogP contribution in [0.4, 0.5) is 5.69 Å². The number of anilines is 1. The fourth-order valence-corrected chi connectivity index (χ4v) is 3.81. The third-order valence-electron chi connectivity index (χ3n) is 5.31. The minimum absolute atomic E-state index is 0.147. The predicted molar refractivity (Wildman–Crippen MR) is 107 cm³/mol. The van der Waals surface area contributed by atoms with Gasteiger partial charge in [-0.1, -0.05) is 44.2 Å². The smallest absolute Gasteiger partial charge is 0.292 e. The van der Waals surface area contributed by atoms with E-state index in [1.54, 1.807) is 4.90 Å². The number of carbonyl (C=O) groups is 1. The highest BCUT2D eigenvalue weighted by Gasteiger charge is 2.56. The number of nitrogens with zero attached hydrogens (tertiary/aromatic N) is 1. The molecule has 0 bridgehead atoms. The summed E-state index contributed by atoms with van der Waals surface area (Å²) in [5.41, 5.74) is 3.78. The number of carbonyl (C=O) groups excluding carboxylic acids is 1. The minimum Gasteiger partial charge on any atom is -0.494 e. The first-order valence-electron chi connectivity index (χ1n) is 9.93. The Morgan fingerprint density at radius 1 is 1.11 bits per heavy atom. The summed E-state index contributed by atoms with van der Waals surface area (Å²) in [6, 6.07) is 13.8. The van der Waals surface area contributed by atoms with Gasteiger partial charge in [-0.2, -0.15) is 0 Å². The summed E-state index contributed by atoms with van der Waals surface area (Å²) >= 11 is 0. The predicted octanol–water partition coefficient (Wildman–Crippen LogP) is 4.17. The zero-order chi connectivity index (χ0) is 19.7. The summed E-state index contributed by atoms with van der Waals surface area (Å²) < 4.78 is 17.4. The summed E-state index contributed by atoms with van der Waals surface area (Å²) in [6.07, 6.45) is 1.03. The number of hydrogen-bond donors (Lipinski definition) is 0. The molecule has 0 radical (unpaired) electrons. The van der Waals surface area contributed by atoms with Crippen LogP contribution in [-0.4, -0.2) is 25.7 Å². The van der Waals surface area contributed by atoms with Crippen molar-refractivity contribution in [1.82, 2.24) is 0 Å². The third kappa shape index (κ3) is 3.29. The number of aryl methyl sites for hydroxylation is 1. The fourth-order valence-electron chi connectivity index (χ4n) is 3.81. The molecule has 2 aromatic carbocycles. The molecule has 0 unspecified atom stereocenters. The maximum Gasteiger partial charge on any atom is 0.292 e. The Bertz CT molecular complexity index is 853. The summed E-state index contributed by atoms with van der Waals surface area (Å²) in [5, 5.41) is 0. The molecule has 0 atom stereocenters. The largest absolute Gasteiger partial charge is 0.494 e. The van der Waals surface area contributed by atoms with E-state index in [1.165, 1.54) is 0 Å². The molecule has 0 saturated carbocycles. The first-order valence-corrected chi connectivity index (χ1v) is 9.93. The van der Waals surface area contributed by atoms with Crippen LogP contribution in [0.5, 0.6) is 5.75 Å². The number of fused-ring (bicyclic) bond motifs is 2. The van der Waals surface area contributed by atoms with Crippen molar-refractivity contribution in [2.24, 2.45) is 5.92 Å². The zero-order valence-electron chi connectivity index (χ0n) is 16.7. The molecule has 2 aromatic rings. The van der Waals surface area contributed by atoms with Crippen molar-refractivity contribution in [2.75, 3.05) is 24.7 Å². The maximum absolute atomic E-state index is 13.3. The Morgan fingerprint density at radius 3 is 2.50 bits per heavy atom. The first-order chi connectivity index (χ1) is 13.5. The van der Waals surface area contributed by atoms with Crippen molar-refractivity contribution in [3.63, 3.8) is 0 Å². The van der Waals surface area contributed by atoms with Crippen molar-refractivity contribution < 1.29 is 19.0 Å². The average molecular weight is 381 g/mol. The lowest BCUT2D eigenvalue weighted by molar-refractivity contribution is -0.180. The molecule has 1 amide bonds. The van der Waals surface area contributed by atoms with Crippen molar-refractivity contribution in [1.29, 1.82) is 0 Å². The van der Waals surface area contributed by atoms with Gasteiger partial charge in [0.05, 0.1) is 32.1 Å². The zero-order valence-corrected chi connectivity index (χ0v) is 16.7. The minimum atomic E-state index is -1.28. The van der Waals surface area contributed by atoms with E-state index >= 15 is 0 Å². The molecule has 0 aromatic heterocycles. The molecule has 2 aliphatic rings. The van der Waals surface area contributed by atoms with Gasteiger partial charge in [-0.25, -0.2) is 0 Å². The van der Waals surface area contributed by atoms with Gasteiger partial charge < -0.3 is 19.1 Å². The molecule has 28 heavy (non-hydrogen) atoms. The molecule has 2 aliphatic heterocycles. The molecule has 1 saturated heterocycles. The highest BCUT2D eigenvalue weighted by atomic mass is 16.7. The van der Waals surface area contributed by atoms with E-state index in [9.17, 15) is 4.79 Å². The van der Waals surface area contributed by atoms with E-state index in [1.807, 2.05) is 49.4 Å². The second kappa shape index (κ2) is 7.57. The van der Waals surface area contributed by atoms with Gasteiger partial charge in [0, 0.05) is 5.56 Å².